The second kappa shape index (κ2) is 12.6. The summed E-state index contributed by atoms with van der Waals surface area (Å²) < 4.78 is 18.9. The summed E-state index contributed by atoms with van der Waals surface area (Å²) in [6.07, 6.45) is 1.39. The maximum atomic E-state index is 14.0. The van der Waals surface area contributed by atoms with Gasteiger partial charge in [0.25, 0.3) is 5.56 Å². The minimum absolute atomic E-state index is 0.280. The van der Waals surface area contributed by atoms with E-state index in [2.05, 4.69) is 4.99 Å². The van der Waals surface area contributed by atoms with Gasteiger partial charge in [0.05, 0.1) is 35.1 Å². The smallest absolute Gasteiger partial charge is 0.338 e. The molecule has 0 spiro atoms. The van der Waals surface area contributed by atoms with Crippen LogP contribution in [0.3, 0.4) is 0 Å². The molecule has 0 bridgehead atoms. The molecule has 5 rings (SSSR count). The van der Waals surface area contributed by atoms with Gasteiger partial charge in [-0.2, -0.15) is 0 Å². The number of ether oxygens (including phenoxy) is 3. The highest BCUT2D eigenvalue weighted by Gasteiger charge is 2.33. The number of benzene rings is 3. The van der Waals surface area contributed by atoms with E-state index in [-0.39, 0.29) is 18.3 Å². The van der Waals surface area contributed by atoms with Gasteiger partial charge in [-0.05, 0) is 80.4 Å². The predicted octanol–water partition coefficient (Wildman–Crippen LogP) is 6.08. The van der Waals surface area contributed by atoms with Crippen LogP contribution < -0.4 is 24.4 Å². The zero-order chi connectivity index (χ0) is 30.0. The molecular weight excluding hydrogens is 595 g/mol. The van der Waals surface area contributed by atoms with Crippen LogP contribution >= 0.6 is 34.5 Å². The minimum atomic E-state index is -0.738. The number of methoxy groups -OCH3 is 1. The molecule has 7 nitrogen and oxygen atoms in total. The van der Waals surface area contributed by atoms with Crippen LogP contribution in [0, 0.1) is 0 Å². The quantitative estimate of drug-likeness (QED) is 0.223. The normalized spacial score (nSPS) is 14.9. The molecule has 0 saturated carbocycles. The first kappa shape index (κ1) is 29.6. The fourth-order valence-corrected chi connectivity index (χ4v) is 6.09. The lowest BCUT2D eigenvalue weighted by atomic mass is 9.96. The van der Waals surface area contributed by atoms with Gasteiger partial charge in [-0.15, -0.1) is 0 Å². The molecule has 10 heteroatoms. The van der Waals surface area contributed by atoms with Crippen molar-refractivity contribution >= 4 is 46.6 Å². The SMILES string of the molecule is COc1ccc(C2C(C(=O)OC(C)C)=C(C)N=c3sc(=Cc4cc(Cl)ccc4OCc4cccc(Cl)c4)c(=O)n32)cc1. The lowest BCUT2D eigenvalue weighted by molar-refractivity contribution is -0.143. The Balaban J connectivity index is 1.62. The largest absolute Gasteiger partial charge is 0.497 e. The minimum Gasteiger partial charge on any atom is -0.497 e. The van der Waals surface area contributed by atoms with Crippen molar-refractivity contribution in [2.45, 2.75) is 39.5 Å². The van der Waals surface area contributed by atoms with Crippen LogP contribution in [0.15, 0.2) is 87.8 Å². The molecule has 1 aromatic heterocycles. The van der Waals surface area contributed by atoms with E-state index in [4.69, 9.17) is 37.4 Å². The Kier molecular flexibility index (Phi) is 8.87. The van der Waals surface area contributed by atoms with E-state index >= 15 is 0 Å². The van der Waals surface area contributed by atoms with Crippen molar-refractivity contribution in [1.82, 2.24) is 4.57 Å². The Morgan fingerprint density at radius 3 is 2.50 bits per heavy atom. The van der Waals surface area contributed by atoms with Gasteiger partial charge in [-0.25, -0.2) is 9.79 Å². The van der Waals surface area contributed by atoms with Crippen molar-refractivity contribution in [2.75, 3.05) is 7.11 Å². The first-order valence-corrected chi connectivity index (χ1v) is 14.8. The molecule has 1 aliphatic heterocycles. The van der Waals surface area contributed by atoms with Crippen LogP contribution in [0.1, 0.15) is 43.5 Å². The van der Waals surface area contributed by atoms with E-state index < -0.39 is 12.0 Å². The summed E-state index contributed by atoms with van der Waals surface area (Å²) in [6.45, 7) is 5.59. The summed E-state index contributed by atoms with van der Waals surface area (Å²) in [5, 5.41) is 1.11. The number of rotatable bonds is 8. The molecular formula is C32H28Cl2N2O5S. The zero-order valence-corrected chi connectivity index (χ0v) is 25.7. The van der Waals surface area contributed by atoms with Gasteiger partial charge in [0, 0.05) is 15.6 Å². The van der Waals surface area contributed by atoms with Crippen LogP contribution in [0.4, 0.5) is 0 Å². The van der Waals surface area contributed by atoms with Crippen LogP contribution in [-0.4, -0.2) is 23.8 Å². The van der Waals surface area contributed by atoms with Crippen LogP contribution in [-0.2, 0) is 16.1 Å². The molecule has 0 aliphatic carbocycles. The molecule has 1 atom stereocenters. The van der Waals surface area contributed by atoms with E-state index in [1.807, 2.05) is 30.3 Å². The first-order chi connectivity index (χ1) is 20.1. The summed E-state index contributed by atoms with van der Waals surface area (Å²) in [5.74, 6) is 0.687. The third-order valence-electron chi connectivity index (χ3n) is 6.56. The Morgan fingerprint density at radius 1 is 1.07 bits per heavy atom. The number of esters is 1. The lowest BCUT2D eigenvalue weighted by Crippen LogP contribution is -2.40. The average molecular weight is 624 g/mol. The number of allylic oxidation sites excluding steroid dienone is 1. The van der Waals surface area contributed by atoms with E-state index in [0.29, 0.717) is 47.7 Å². The third-order valence-corrected chi connectivity index (χ3v) is 8.01. The van der Waals surface area contributed by atoms with E-state index in [1.54, 1.807) is 74.9 Å². The number of carbonyl (C=O) groups is 1. The average Bonchev–Trinajstić information content (AvgIpc) is 3.25. The third kappa shape index (κ3) is 6.31. The monoisotopic (exact) mass is 622 g/mol. The van der Waals surface area contributed by atoms with Crippen molar-refractivity contribution in [1.29, 1.82) is 0 Å². The Hall–Kier alpha value is -3.85. The Morgan fingerprint density at radius 2 is 1.81 bits per heavy atom. The van der Waals surface area contributed by atoms with Crippen LogP contribution in [0.2, 0.25) is 10.0 Å². The number of nitrogens with zero attached hydrogens (tertiary/aromatic N) is 2. The van der Waals surface area contributed by atoms with E-state index in [1.165, 1.54) is 11.3 Å². The van der Waals surface area contributed by atoms with Gasteiger partial charge in [-0.3, -0.25) is 9.36 Å². The molecule has 4 aromatic rings. The fraction of sp³-hybridized carbons (Fsp3) is 0.219. The summed E-state index contributed by atoms with van der Waals surface area (Å²) in [7, 11) is 1.58. The second-order valence-electron chi connectivity index (χ2n) is 9.91. The molecule has 2 heterocycles. The summed E-state index contributed by atoms with van der Waals surface area (Å²) >= 11 is 13.7. The van der Waals surface area contributed by atoms with Gasteiger partial charge >= 0.3 is 5.97 Å². The number of hydrogen-bond acceptors (Lipinski definition) is 7. The van der Waals surface area contributed by atoms with Crippen molar-refractivity contribution in [3.05, 3.63) is 124 Å². The van der Waals surface area contributed by atoms with Crippen molar-refractivity contribution in [2.24, 2.45) is 4.99 Å². The molecule has 0 fully saturated rings. The predicted molar refractivity (Wildman–Crippen MR) is 165 cm³/mol. The molecule has 0 N–H and O–H groups in total. The van der Waals surface area contributed by atoms with Gasteiger partial charge in [0.2, 0.25) is 0 Å². The second-order valence-corrected chi connectivity index (χ2v) is 11.8. The van der Waals surface area contributed by atoms with Gasteiger partial charge in [0.15, 0.2) is 4.80 Å². The number of carbonyl (C=O) groups excluding carboxylic acids is 1. The first-order valence-electron chi connectivity index (χ1n) is 13.2. The Labute approximate surface area is 256 Å². The highest BCUT2D eigenvalue weighted by molar-refractivity contribution is 7.07. The van der Waals surface area contributed by atoms with Crippen molar-refractivity contribution in [3.8, 4) is 11.5 Å². The Bertz CT molecular complexity index is 1860. The maximum absolute atomic E-state index is 14.0. The van der Waals surface area contributed by atoms with Gasteiger partial charge < -0.3 is 14.2 Å². The number of halogens is 2. The highest BCUT2D eigenvalue weighted by atomic mass is 35.5. The maximum Gasteiger partial charge on any atom is 0.338 e. The molecule has 0 amide bonds. The van der Waals surface area contributed by atoms with Gasteiger partial charge in [0.1, 0.15) is 18.1 Å². The van der Waals surface area contributed by atoms with Crippen molar-refractivity contribution in [3.63, 3.8) is 0 Å². The molecule has 216 valence electrons. The number of hydrogen-bond donors (Lipinski definition) is 0. The molecule has 42 heavy (non-hydrogen) atoms. The van der Waals surface area contributed by atoms with Gasteiger partial charge in [-0.1, -0.05) is 58.8 Å². The van der Waals surface area contributed by atoms with Crippen LogP contribution in [0.5, 0.6) is 11.5 Å². The number of aromatic nitrogens is 1. The molecule has 1 unspecified atom stereocenters. The lowest BCUT2D eigenvalue weighted by Gasteiger charge is -2.25. The van der Waals surface area contributed by atoms with Crippen molar-refractivity contribution < 1.29 is 19.0 Å². The summed E-state index contributed by atoms with van der Waals surface area (Å²) in [6, 6.07) is 19.2. The zero-order valence-electron chi connectivity index (χ0n) is 23.4. The fourth-order valence-electron chi connectivity index (χ4n) is 4.65. The molecule has 3 aromatic carbocycles. The topological polar surface area (TPSA) is 79.1 Å². The van der Waals surface area contributed by atoms with E-state index in [9.17, 15) is 9.59 Å². The summed E-state index contributed by atoms with van der Waals surface area (Å²) in [4.78, 5) is 32.5. The summed E-state index contributed by atoms with van der Waals surface area (Å²) in [5.41, 5.74) is 2.75. The van der Waals surface area contributed by atoms with Crippen LogP contribution in [0.25, 0.3) is 6.08 Å². The highest BCUT2D eigenvalue weighted by Crippen LogP contribution is 2.32. The number of thiazole rings is 1. The molecule has 0 radical (unpaired) electrons. The van der Waals surface area contributed by atoms with E-state index in [0.717, 1.165) is 11.1 Å². The molecule has 1 aliphatic rings. The number of fused-ring (bicyclic) bond motifs is 1. The standard InChI is InChI=1S/C32H28Cl2N2O5S/c1-18(2)41-31(38)28-19(3)35-32-36(29(28)21-8-11-25(39-4)12-9-21)30(37)27(42-32)16-22-15-24(34)10-13-26(22)40-17-20-6-5-7-23(33)14-20/h5-16,18,29H,17H2,1-4H3. The molecule has 0 saturated heterocycles.